The molecule has 0 atom stereocenters. The van der Waals surface area contributed by atoms with Crippen LogP contribution in [0.15, 0.2) is 59.1 Å². The summed E-state index contributed by atoms with van der Waals surface area (Å²) in [6, 6.07) is 18.4. The highest BCUT2D eigenvalue weighted by molar-refractivity contribution is 9.10. The first-order valence-corrected chi connectivity index (χ1v) is 6.91. The van der Waals surface area contributed by atoms with Gasteiger partial charge in [0.25, 0.3) is 0 Å². The molecule has 2 aromatic carbocycles. The number of fused-ring (bicyclic) bond motifs is 1. The summed E-state index contributed by atoms with van der Waals surface area (Å²) in [7, 11) is 0. The molecule has 0 radical (unpaired) electrons. The number of nitrogens with one attached hydrogen (secondary N) is 1. The second kappa shape index (κ2) is 5.02. The Morgan fingerprint density at radius 2 is 1.74 bits per heavy atom. The van der Waals surface area contributed by atoms with Crippen molar-refractivity contribution in [2.75, 3.05) is 5.32 Å². The third kappa shape index (κ3) is 2.61. The van der Waals surface area contributed by atoms with Crippen LogP contribution in [0.25, 0.3) is 10.9 Å². The van der Waals surface area contributed by atoms with Gasteiger partial charge in [0.2, 0.25) is 0 Å². The number of rotatable bonds is 2. The van der Waals surface area contributed by atoms with Gasteiger partial charge in [-0.25, -0.2) is 0 Å². The molecule has 0 aliphatic carbocycles. The molecular weight excluding hydrogens is 300 g/mol. The number of anilines is 2. The zero-order valence-electron chi connectivity index (χ0n) is 10.5. The molecule has 0 aliphatic rings. The Morgan fingerprint density at radius 3 is 2.53 bits per heavy atom. The van der Waals surface area contributed by atoms with E-state index in [2.05, 4.69) is 50.5 Å². The summed E-state index contributed by atoms with van der Waals surface area (Å²) in [5.74, 6) is 0. The van der Waals surface area contributed by atoms with Crippen molar-refractivity contribution < 1.29 is 0 Å². The van der Waals surface area contributed by atoms with Crippen LogP contribution >= 0.6 is 15.9 Å². The monoisotopic (exact) mass is 312 g/mol. The smallest absolute Gasteiger partial charge is 0.0726 e. The highest BCUT2D eigenvalue weighted by atomic mass is 79.9. The fourth-order valence-electron chi connectivity index (χ4n) is 2.10. The summed E-state index contributed by atoms with van der Waals surface area (Å²) in [5, 5.41) is 4.59. The van der Waals surface area contributed by atoms with E-state index in [1.54, 1.807) is 0 Å². The minimum Gasteiger partial charge on any atom is -0.355 e. The number of aromatic nitrogens is 1. The Balaban J connectivity index is 2.07. The zero-order valence-corrected chi connectivity index (χ0v) is 12.1. The van der Waals surface area contributed by atoms with Gasteiger partial charge in [-0.05, 0) is 43.3 Å². The Bertz CT molecular complexity index is 720. The standard InChI is InChI=1S/C16H13BrN2/c1-11-10-16(14-4-2-3-5-15(14)18-11)19-13-8-6-12(17)7-9-13/h2-10H,1H3,(H,18,19). The van der Waals surface area contributed by atoms with E-state index in [-0.39, 0.29) is 0 Å². The van der Waals surface area contributed by atoms with Gasteiger partial charge in [0, 0.05) is 26.9 Å². The van der Waals surface area contributed by atoms with Crippen LogP contribution < -0.4 is 5.32 Å². The average Bonchev–Trinajstić information content (AvgIpc) is 2.41. The quantitative estimate of drug-likeness (QED) is 0.716. The van der Waals surface area contributed by atoms with Crippen LogP contribution in [0.2, 0.25) is 0 Å². The third-order valence-corrected chi connectivity index (χ3v) is 3.50. The molecule has 0 fully saturated rings. The van der Waals surface area contributed by atoms with Crippen molar-refractivity contribution in [3.05, 3.63) is 64.8 Å². The number of pyridine rings is 1. The second-order valence-electron chi connectivity index (χ2n) is 4.46. The van der Waals surface area contributed by atoms with Crippen molar-refractivity contribution >= 4 is 38.2 Å². The maximum Gasteiger partial charge on any atom is 0.0726 e. The fourth-order valence-corrected chi connectivity index (χ4v) is 2.36. The topological polar surface area (TPSA) is 24.9 Å². The molecule has 0 spiro atoms. The number of para-hydroxylation sites is 1. The van der Waals surface area contributed by atoms with E-state index in [9.17, 15) is 0 Å². The minimum absolute atomic E-state index is 1.01. The van der Waals surface area contributed by atoms with Gasteiger partial charge in [-0.1, -0.05) is 34.1 Å². The van der Waals surface area contributed by atoms with E-state index in [4.69, 9.17) is 0 Å². The van der Waals surface area contributed by atoms with Crippen LogP contribution in [-0.4, -0.2) is 4.98 Å². The van der Waals surface area contributed by atoms with Crippen LogP contribution in [0, 0.1) is 6.92 Å². The lowest BCUT2D eigenvalue weighted by Crippen LogP contribution is -1.94. The highest BCUT2D eigenvalue weighted by Gasteiger charge is 2.03. The molecule has 94 valence electrons. The predicted molar refractivity (Wildman–Crippen MR) is 83.9 cm³/mol. The molecule has 0 amide bonds. The van der Waals surface area contributed by atoms with Gasteiger partial charge < -0.3 is 5.32 Å². The summed E-state index contributed by atoms with van der Waals surface area (Å²) >= 11 is 3.44. The first-order chi connectivity index (χ1) is 9.22. The summed E-state index contributed by atoms with van der Waals surface area (Å²) in [5.41, 5.74) is 4.18. The van der Waals surface area contributed by atoms with Crippen molar-refractivity contribution in [2.45, 2.75) is 6.92 Å². The third-order valence-electron chi connectivity index (χ3n) is 2.97. The Labute approximate surface area is 120 Å². The maximum absolute atomic E-state index is 4.54. The lowest BCUT2D eigenvalue weighted by Gasteiger charge is -2.10. The van der Waals surface area contributed by atoms with E-state index < -0.39 is 0 Å². The first kappa shape index (κ1) is 12.2. The van der Waals surface area contributed by atoms with Gasteiger partial charge >= 0.3 is 0 Å². The molecular formula is C16H13BrN2. The normalized spacial score (nSPS) is 10.6. The van der Waals surface area contributed by atoms with Gasteiger partial charge in [0.1, 0.15) is 0 Å². The number of halogens is 1. The molecule has 0 aliphatic heterocycles. The summed E-state index contributed by atoms with van der Waals surface area (Å²) in [6.45, 7) is 2.01. The van der Waals surface area contributed by atoms with Crippen molar-refractivity contribution in [3.8, 4) is 0 Å². The number of aryl methyl sites for hydroxylation is 1. The first-order valence-electron chi connectivity index (χ1n) is 6.11. The van der Waals surface area contributed by atoms with Crippen molar-refractivity contribution in [1.29, 1.82) is 0 Å². The molecule has 19 heavy (non-hydrogen) atoms. The minimum atomic E-state index is 1.01. The number of benzene rings is 2. The summed E-state index contributed by atoms with van der Waals surface area (Å²) in [4.78, 5) is 4.54. The number of hydrogen-bond donors (Lipinski definition) is 1. The Hall–Kier alpha value is -1.87. The van der Waals surface area contributed by atoms with Crippen molar-refractivity contribution in [3.63, 3.8) is 0 Å². The van der Waals surface area contributed by atoms with Crippen LogP contribution in [0.3, 0.4) is 0 Å². The molecule has 3 rings (SSSR count). The maximum atomic E-state index is 4.54. The second-order valence-corrected chi connectivity index (χ2v) is 5.38. The van der Waals surface area contributed by atoms with Gasteiger partial charge in [0.05, 0.1) is 5.52 Å². The lowest BCUT2D eigenvalue weighted by molar-refractivity contribution is 1.25. The lowest BCUT2D eigenvalue weighted by atomic mass is 10.1. The molecule has 0 saturated heterocycles. The molecule has 1 N–H and O–H groups in total. The molecule has 1 heterocycles. The molecule has 0 bridgehead atoms. The largest absolute Gasteiger partial charge is 0.355 e. The van der Waals surface area contributed by atoms with Crippen molar-refractivity contribution in [2.24, 2.45) is 0 Å². The fraction of sp³-hybridized carbons (Fsp3) is 0.0625. The molecule has 3 aromatic rings. The van der Waals surface area contributed by atoms with Gasteiger partial charge in [0.15, 0.2) is 0 Å². The van der Waals surface area contributed by atoms with Gasteiger partial charge in [-0.2, -0.15) is 0 Å². The van der Waals surface area contributed by atoms with Crippen LogP contribution in [-0.2, 0) is 0 Å². The van der Waals surface area contributed by atoms with Gasteiger partial charge in [-0.3, -0.25) is 4.98 Å². The number of nitrogens with zero attached hydrogens (tertiary/aromatic N) is 1. The van der Waals surface area contributed by atoms with E-state index in [1.807, 2.05) is 37.3 Å². The Kier molecular flexibility index (Phi) is 3.22. The van der Waals surface area contributed by atoms with E-state index >= 15 is 0 Å². The van der Waals surface area contributed by atoms with Crippen molar-refractivity contribution in [1.82, 2.24) is 4.98 Å². The zero-order chi connectivity index (χ0) is 13.2. The van der Waals surface area contributed by atoms with Crippen LogP contribution in [0.5, 0.6) is 0 Å². The highest BCUT2D eigenvalue weighted by Crippen LogP contribution is 2.26. The molecule has 3 heteroatoms. The van der Waals surface area contributed by atoms with E-state index in [0.717, 1.165) is 32.4 Å². The van der Waals surface area contributed by atoms with Crippen LogP contribution in [0.4, 0.5) is 11.4 Å². The number of hydrogen-bond acceptors (Lipinski definition) is 2. The van der Waals surface area contributed by atoms with E-state index in [1.165, 1.54) is 0 Å². The van der Waals surface area contributed by atoms with Gasteiger partial charge in [-0.15, -0.1) is 0 Å². The predicted octanol–water partition coefficient (Wildman–Crippen LogP) is 5.05. The molecule has 2 nitrogen and oxygen atoms in total. The summed E-state index contributed by atoms with van der Waals surface area (Å²) < 4.78 is 1.08. The van der Waals surface area contributed by atoms with E-state index in [0.29, 0.717) is 0 Å². The van der Waals surface area contributed by atoms with Crippen LogP contribution in [0.1, 0.15) is 5.69 Å². The molecule has 0 saturated carbocycles. The molecule has 1 aromatic heterocycles. The SMILES string of the molecule is Cc1cc(Nc2ccc(Br)cc2)c2ccccc2n1. The molecule has 0 unspecified atom stereocenters. The Morgan fingerprint density at radius 1 is 1.00 bits per heavy atom. The average molecular weight is 313 g/mol. The summed E-state index contributed by atoms with van der Waals surface area (Å²) in [6.07, 6.45) is 0.